The Kier molecular flexibility index (Phi) is 6.54. The van der Waals surface area contributed by atoms with Crippen LogP contribution in [-0.2, 0) is 0 Å². The van der Waals surface area contributed by atoms with Gasteiger partial charge in [-0.15, -0.1) is 0 Å². The number of nitrogens with one attached hydrogen (secondary N) is 1. The van der Waals surface area contributed by atoms with Crippen LogP contribution in [0.1, 0.15) is 33.1 Å². The van der Waals surface area contributed by atoms with E-state index >= 15 is 0 Å². The lowest BCUT2D eigenvalue weighted by Gasteiger charge is -2.36. The number of likely N-dealkylation sites (tertiary alicyclic amines) is 1. The summed E-state index contributed by atoms with van der Waals surface area (Å²) < 4.78 is 16.4. The molecule has 0 bridgehead atoms. The van der Waals surface area contributed by atoms with Crippen LogP contribution in [0, 0.1) is 0 Å². The molecule has 2 rings (SSSR count). The fourth-order valence-electron chi connectivity index (χ4n) is 3.46. The molecule has 1 saturated heterocycles. The summed E-state index contributed by atoms with van der Waals surface area (Å²) in [5.41, 5.74) is 0. The predicted octanol–water partition coefficient (Wildman–Crippen LogP) is 1.29. The fourth-order valence-corrected chi connectivity index (χ4v) is 3.46. The molecule has 0 spiro atoms. The van der Waals surface area contributed by atoms with Gasteiger partial charge in [0.15, 0.2) is 11.5 Å². The first-order chi connectivity index (χ1) is 11.1. The highest BCUT2D eigenvalue weighted by Crippen LogP contribution is 2.36. The Morgan fingerprint density at radius 3 is 2.22 bits per heavy atom. The van der Waals surface area contributed by atoms with Gasteiger partial charge >= 0.3 is 0 Å². The van der Waals surface area contributed by atoms with Gasteiger partial charge in [-0.05, 0) is 45.2 Å². The molecule has 1 aromatic rings. The Morgan fingerprint density at radius 2 is 1.70 bits per heavy atom. The molecule has 0 saturated carbocycles. The van der Waals surface area contributed by atoms with E-state index in [9.17, 15) is 5.11 Å². The fraction of sp³-hybridized carbons (Fsp3) is 0.667. The summed E-state index contributed by atoms with van der Waals surface area (Å²) in [4.78, 5) is 1.47. The number of hydrogen-bond donors (Lipinski definition) is 2. The summed E-state index contributed by atoms with van der Waals surface area (Å²) in [6, 6.07) is 6.68. The number of methoxy groups -OCH3 is 2. The normalized spacial score (nSPS) is 23.3. The van der Waals surface area contributed by atoms with Crippen LogP contribution in [0.2, 0.25) is 0 Å². The summed E-state index contributed by atoms with van der Waals surface area (Å²) in [6.07, 6.45) is 3.24. The van der Waals surface area contributed by atoms with E-state index in [1.54, 1.807) is 14.2 Å². The van der Waals surface area contributed by atoms with Crippen LogP contribution in [0.25, 0.3) is 0 Å². The number of aliphatic hydroxyl groups is 1. The molecular formula is C18H30NO4+. The van der Waals surface area contributed by atoms with E-state index in [-0.39, 0.29) is 6.61 Å². The third-order valence-corrected chi connectivity index (χ3v) is 4.81. The van der Waals surface area contributed by atoms with E-state index in [0.29, 0.717) is 35.9 Å². The lowest BCUT2D eigenvalue weighted by Crippen LogP contribution is -3.20. The maximum atomic E-state index is 10.4. The molecule has 5 nitrogen and oxygen atoms in total. The van der Waals surface area contributed by atoms with Crippen LogP contribution in [0.5, 0.6) is 17.2 Å². The minimum absolute atomic E-state index is 0.236. The van der Waals surface area contributed by atoms with Crippen molar-refractivity contribution in [2.24, 2.45) is 0 Å². The van der Waals surface area contributed by atoms with E-state index in [0.717, 1.165) is 0 Å². The molecular weight excluding hydrogens is 294 g/mol. The van der Waals surface area contributed by atoms with Crippen LogP contribution in [0.3, 0.4) is 0 Å². The molecule has 1 aliphatic heterocycles. The third kappa shape index (κ3) is 4.52. The number of rotatable bonds is 7. The molecule has 3 atom stereocenters. The number of aliphatic hydroxyl groups excluding tert-OH is 1. The summed E-state index contributed by atoms with van der Waals surface area (Å²) in [7, 11) is 3.19. The van der Waals surface area contributed by atoms with Gasteiger partial charge < -0.3 is 24.2 Å². The van der Waals surface area contributed by atoms with Gasteiger partial charge in [-0.3, -0.25) is 0 Å². The first kappa shape index (κ1) is 17.9. The first-order valence-electron chi connectivity index (χ1n) is 8.44. The minimum atomic E-state index is -0.511. The van der Waals surface area contributed by atoms with E-state index in [1.165, 1.54) is 24.2 Å². The Morgan fingerprint density at radius 1 is 1.13 bits per heavy atom. The highest BCUT2D eigenvalue weighted by Gasteiger charge is 2.30. The Balaban J connectivity index is 1.95. The molecule has 1 fully saturated rings. The second-order valence-corrected chi connectivity index (χ2v) is 6.47. The monoisotopic (exact) mass is 324 g/mol. The van der Waals surface area contributed by atoms with Gasteiger partial charge in [0.05, 0.1) is 26.3 Å². The smallest absolute Gasteiger partial charge is 0.203 e. The molecule has 0 radical (unpaired) electrons. The molecule has 0 aliphatic carbocycles. The van der Waals surface area contributed by atoms with Crippen molar-refractivity contribution in [3.8, 4) is 17.2 Å². The maximum Gasteiger partial charge on any atom is 0.203 e. The minimum Gasteiger partial charge on any atom is -0.493 e. The topological polar surface area (TPSA) is 52.4 Å². The highest BCUT2D eigenvalue weighted by molar-refractivity contribution is 5.51. The first-order valence-corrected chi connectivity index (χ1v) is 8.44. The SMILES string of the molecule is COc1cccc(OC)c1OC[C@@H](O)C[NH+]1[C@H](C)CCC[C@H]1C. The van der Waals surface area contributed by atoms with Gasteiger partial charge in [0.1, 0.15) is 19.3 Å². The van der Waals surface area contributed by atoms with Crippen molar-refractivity contribution in [1.29, 1.82) is 0 Å². The zero-order chi connectivity index (χ0) is 16.8. The highest BCUT2D eigenvalue weighted by atomic mass is 16.5. The lowest BCUT2D eigenvalue weighted by atomic mass is 9.97. The molecule has 0 unspecified atom stereocenters. The van der Waals surface area contributed by atoms with E-state index in [2.05, 4.69) is 13.8 Å². The largest absolute Gasteiger partial charge is 0.493 e. The standard InChI is InChI=1S/C18H29NO4/c1-13-7-5-8-14(2)19(13)11-15(20)12-23-18-16(21-3)9-6-10-17(18)22-4/h6,9-10,13-15,20H,5,7-8,11-12H2,1-4H3/p+1/t13-,14-,15+/m1/s1. The summed E-state index contributed by atoms with van der Waals surface area (Å²) >= 11 is 0. The van der Waals surface area contributed by atoms with Gasteiger partial charge in [-0.25, -0.2) is 0 Å². The average molecular weight is 324 g/mol. The van der Waals surface area contributed by atoms with E-state index < -0.39 is 6.10 Å². The zero-order valence-electron chi connectivity index (χ0n) is 14.7. The molecule has 1 heterocycles. The van der Waals surface area contributed by atoms with Gasteiger partial charge in [0.2, 0.25) is 5.75 Å². The molecule has 1 aromatic carbocycles. The van der Waals surface area contributed by atoms with E-state index in [1.807, 2.05) is 18.2 Å². The van der Waals surface area contributed by atoms with Crippen LogP contribution >= 0.6 is 0 Å². The number of para-hydroxylation sites is 1. The number of benzene rings is 1. The number of ether oxygens (including phenoxy) is 3. The molecule has 5 heteroatoms. The number of hydrogen-bond acceptors (Lipinski definition) is 4. The van der Waals surface area contributed by atoms with Crippen LogP contribution in [-0.4, -0.2) is 50.7 Å². The molecule has 23 heavy (non-hydrogen) atoms. The second kappa shape index (κ2) is 8.41. The molecule has 130 valence electrons. The predicted molar refractivity (Wildman–Crippen MR) is 89.7 cm³/mol. The molecule has 0 aromatic heterocycles. The third-order valence-electron chi connectivity index (χ3n) is 4.81. The van der Waals surface area contributed by atoms with Crippen molar-refractivity contribution in [1.82, 2.24) is 0 Å². The Bertz CT molecular complexity index is 462. The zero-order valence-corrected chi connectivity index (χ0v) is 14.7. The molecule has 0 amide bonds. The van der Waals surface area contributed by atoms with Crippen LogP contribution in [0.4, 0.5) is 0 Å². The number of quaternary nitrogens is 1. The quantitative estimate of drug-likeness (QED) is 0.794. The van der Waals surface area contributed by atoms with Gasteiger partial charge in [-0.1, -0.05) is 6.07 Å². The van der Waals surface area contributed by atoms with Gasteiger partial charge in [-0.2, -0.15) is 0 Å². The molecule has 1 aliphatic rings. The van der Waals surface area contributed by atoms with Crippen molar-refractivity contribution in [3.05, 3.63) is 18.2 Å². The summed E-state index contributed by atoms with van der Waals surface area (Å²) in [6.45, 7) is 5.48. The Labute approximate surface area is 139 Å². The van der Waals surface area contributed by atoms with Crippen molar-refractivity contribution < 1.29 is 24.2 Å². The van der Waals surface area contributed by atoms with E-state index in [4.69, 9.17) is 14.2 Å². The van der Waals surface area contributed by atoms with Crippen molar-refractivity contribution in [2.45, 2.75) is 51.3 Å². The number of piperidine rings is 1. The van der Waals surface area contributed by atoms with Crippen molar-refractivity contribution >= 4 is 0 Å². The van der Waals surface area contributed by atoms with Crippen LogP contribution in [0.15, 0.2) is 18.2 Å². The second-order valence-electron chi connectivity index (χ2n) is 6.47. The summed E-state index contributed by atoms with van der Waals surface area (Å²) in [5, 5.41) is 10.4. The van der Waals surface area contributed by atoms with Crippen molar-refractivity contribution in [2.75, 3.05) is 27.4 Å². The maximum absolute atomic E-state index is 10.4. The van der Waals surface area contributed by atoms with Gasteiger partial charge in [0.25, 0.3) is 0 Å². The Hall–Kier alpha value is -1.46. The average Bonchev–Trinajstić information content (AvgIpc) is 2.56. The summed E-state index contributed by atoms with van der Waals surface area (Å²) in [5.74, 6) is 1.78. The van der Waals surface area contributed by atoms with Gasteiger partial charge in [0, 0.05) is 0 Å². The lowest BCUT2D eigenvalue weighted by molar-refractivity contribution is -0.954. The van der Waals surface area contributed by atoms with Crippen molar-refractivity contribution in [3.63, 3.8) is 0 Å². The van der Waals surface area contributed by atoms with Crippen LogP contribution < -0.4 is 19.1 Å². The molecule has 2 N–H and O–H groups in total.